The molecule has 0 radical (unpaired) electrons. The summed E-state index contributed by atoms with van der Waals surface area (Å²) in [6.07, 6.45) is 0. The van der Waals surface area contributed by atoms with Crippen LogP contribution in [-0.2, 0) is 0 Å². The van der Waals surface area contributed by atoms with E-state index in [0.29, 0.717) is 17.1 Å². The van der Waals surface area contributed by atoms with E-state index in [0.717, 1.165) is 6.07 Å². The fourth-order valence-corrected chi connectivity index (χ4v) is 1.78. The largest absolute Gasteiger partial charge is 0.496 e. The summed E-state index contributed by atoms with van der Waals surface area (Å²) >= 11 is 0. The van der Waals surface area contributed by atoms with Gasteiger partial charge in [-0.25, -0.2) is 4.39 Å². The summed E-state index contributed by atoms with van der Waals surface area (Å²) in [6, 6.07) is 10.1. The summed E-state index contributed by atoms with van der Waals surface area (Å²) in [5, 5.41) is 11.3. The fourth-order valence-electron chi connectivity index (χ4n) is 1.78. The van der Waals surface area contributed by atoms with Crippen molar-refractivity contribution >= 4 is 17.3 Å². The SMILES string of the molecule is COc1cc(N)ccc1C(=O)Nc1ccc(F)c(C#N)c1. The molecule has 0 saturated heterocycles. The van der Waals surface area contributed by atoms with E-state index < -0.39 is 11.7 Å². The van der Waals surface area contributed by atoms with Crippen molar-refractivity contribution in [1.82, 2.24) is 0 Å². The third-order valence-electron chi connectivity index (χ3n) is 2.81. The molecule has 0 aliphatic carbocycles. The number of ether oxygens (including phenoxy) is 1. The Labute approximate surface area is 120 Å². The maximum absolute atomic E-state index is 13.2. The number of nitrogen functional groups attached to an aromatic ring is 1. The molecular weight excluding hydrogens is 273 g/mol. The monoisotopic (exact) mass is 285 g/mol. The van der Waals surface area contributed by atoms with E-state index in [-0.39, 0.29) is 11.1 Å². The highest BCUT2D eigenvalue weighted by Crippen LogP contribution is 2.23. The number of carbonyl (C=O) groups excluding carboxylic acids is 1. The van der Waals surface area contributed by atoms with Gasteiger partial charge in [-0.3, -0.25) is 4.79 Å². The molecule has 0 saturated carbocycles. The zero-order valence-electron chi connectivity index (χ0n) is 11.2. The van der Waals surface area contributed by atoms with Gasteiger partial charge >= 0.3 is 0 Å². The van der Waals surface area contributed by atoms with Crippen molar-refractivity contribution in [2.75, 3.05) is 18.2 Å². The van der Waals surface area contributed by atoms with Crippen LogP contribution in [0.2, 0.25) is 0 Å². The first-order chi connectivity index (χ1) is 10.0. The molecule has 0 heterocycles. The van der Waals surface area contributed by atoms with Crippen molar-refractivity contribution in [3.8, 4) is 11.8 Å². The molecule has 2 aromatic rings. The van der Waals surface area contributed by atoms with E-state index in [1.54, 1.807) is 12.1 Å². The Morgan fingerprint density at radius 3 is 2.76 bits per heavy atom. The number of hydrogen-bond donors (Lipinski definition) is 2. The molecule has 0 fully saturated rings. The Kier molecular flexibility index (Phi) is 4.05. The molecule has 0 aliphatic heterocycles. The number of nitrogens with one attached hydrogen (secondary N) is 1. The first-order valence-corrected chi connectivity index (χ1v) is 5.99. The first-order valence-electron chi connectivity index (χ1n) is 5.99. The maximum Gasteiger partial charge on any atom is 0.259 e. The van der Waals surface area contributed by atoms with E-state index >= 15 is 0 Å². The van der Waals surface area contributed by atoms with Gasteiger partial charge in [0, 0.05) is 17.4 Å². The van der Waals surface area contributed by atoms with Crippen LogP contribution in [0.3, 0.4) is 0 Å². The Balaban J connectivity index is 2.28. The first kappa shape index (κ1) is 14.3. The Morgan fingerprint density at radius 2 is 2.10 bits per heavy atom. The van der Waals surface area contributed by atoms with E-state index in [1.165, 1.54) is 31.4 Å². The highest BCUT2D eigenvalue weighted by molar-refractivity contribution is 6.06. The zero-order chi connectivity index (χ0) is 15.4. The minimum Gasteiger partial charge on any atom is -0.496 e. The fraction of sp³-hybridized carbons (Fsp3) is 0.0667. The molecule has 2 aromatic carbocycles. The number of nitrogens with zero attached hydrogens (tertiary/aromatic N) is 1. The number of benzene rings is 2. The number of halogens is 1. The van der Waals surface area contributed by atoms with Gasteiger partial charge in [-0.1, -0.05) is 0 Å². The summed E-state index contributed by atoms with van der Waals surface area (Å²) in [6.45, 7) is 0. The van der Waals surface area contributed by atoms with Crippen molar-refractivity contribution in [1.29, 1.82) is 5.26 Å². The van der Waals surface area contributed by atoms with Gasteiger partial charge in [0.15, 0.2) is 0 Å². The second kappa shape index (κ2) is 5.92. The van der Waals surface area contributed by atoms with Crippen molar-refractivity contribution in [2.45, 2.75) is 0 Å². The molecule has 0 bridgehead atoms. The lowest BCUT2D eigenvalue weighted by molar-refractivity contribution is 0.102. The Hall–Kier alpha value is -3.07. The third kappa shape index (κ3) is 3.09. The highest BCUT2D eigenvalue weighted by atomic mass is 19.1. The van der Waals surface area contributed by atoms with Gasteiger partial charge in [0.2, 0.25) is 0 Å². The van der Waals surface area contributed by atoms with Gasteiger partial charge in [0.05, 0.1) is 18.2 Å². The van der Waals surface area contributed by atoms with Crippen LogP contribution in [-0.4, -0.2) is 13.0 Å². The van der Waals surface area contributed by atoms with Gasteiger partial charge in [-0.15, -0.1) is 0 Å². The van der Waals surface area contributed by atoms with Crippen LogP contribution in [0, 0.1) is 17.1 Å². The zero-order valence-corrected chi connectivity index (χ0v) is 11.2. The molecule has 0 aliphatic rings. The Bertz CT molecular complexity index is 738. The van der Waals surface area contributed by atoms with Gasteiger partial charge in [0.1, 0.15) is 17.6 Å². The van der Waals surface area contributed by atoms with Crippen LogP contribution in [0.1, 0.15) is 15.9 Å². The standard InChI is InChI=1S/C15H12FN3O2/c1-21-14-7-10(18)2-4-12(14)15(20)19-11-3-5-13(16)9(6-11)8-17/h2-7H,18H2,1H3,(H,19,20). The van der Waals surface area contributed by atoms with Crippen LogP contribution in [0.4, 0.5) is 15.8 Å². The quantitative estimate of drug-likeness (QED) is 0.848. The second-order valence-corrected chi connectivity index (χ2v) is 4.22. The summed E-state index contributed by atoms with van der Waals surface area (Å²) in [7, 11) is 1.43. The van der Waals surface area contributed by atoms with Gasteiger partial charge in [0.25, 0.3) is 5.91 Å². The molecule has 5 nitrogen and oxygen atoms in total. The average Bonchev–Trinajstić information content (AvgIpc) is 2.48. The van der Waals surface area contributed by atoms with Crippen LogP contribution in [0.15, 0.2) is 36.4 Å². The molecule has 3 N–H and O–H groups in total. The van der Waals surface area contributed by atoms with E-state index in [1.807, 2.05) is 0 Å². The summed E-state index contributed by atoms with van der Waals surface area (Å²) in [5.41, 5.74) is 6.55. The van der Waals surface area contributed by atoms with E-state index in [4.69, 9.17) is 15.7 Å². The molecule has 0 spiro atoms. The van der Waals surface area contributed by atoms with Crippen molar-refractivity contribution in [2.24, 2.45) is 0 Å². The number of methoxy groups -OCH3 is 1. The molecule has 106 valence electrons. The lowest BCUT2D eigenvalue weighted by atomic mass is 10.1. The smallest absolute Gasteiger partial charge is 0.259 e. The second-order valence-electron chi connectivity index (χ2n) is 4.22. The number of nitriles is 1. The van der Waals surface area contributed by atoms with Crippen LogP contribution in [0.5, 0.6) is 5.75 Å². The number of carbonyl (C=O) groups is 1. The normalized spacial score (nSPS) is 9.76. The average molecular weight is 285 g/mol. The summed E-state index contributed by atoms with van der Waals surface area (Å²) in [4.78, 5) is 12.2. The number of anilines is 2. The van der Waals surface area contributed by atoms with E-state index in [2.05, 4.69) is 5.32 Å². The maximum atomic E-state index is 13.2. The molecule has 1 amide bonds. The number of rotatable bonds is 3. The molecule has 0 atom stereocenters. The van der Waals surface area contributed by atoms with Crippen LogP contribution in [0.25, 0.3) is 0 Å². The predicted molar refractivity (Wildman–Crippen MR) is 76.5 cm³/mol. The summed E-state index contributed by atoms with van der Waals surface area (Å²) < 4.78 is 18.3. The molecule has 0 aromatic heterocycles. The van der Waals surface area contributed by atoms with E-state index in [9.17, 15) is 9.18 Å². The molecule has 6 heteroatoms. The lowest BCUT2D eigenvalue weighted by Gasteiger charge is -2.10. The number of nitrogens with two attached hydrogens (primary N) is 1. The molecular formula is C15H12FN3O2. The Morgan fingerprint density at radius 1 is 1.33 bits per heavy atom. The van der Waals surface area contributed by atoms with Gasteiger partial charge < -0.3 is 15.8 Å². The molecule has 2 rings (SSSR count). The highest BCUT2D eigenvalue weighted by Gasteiger charge is 2.13. The number of amides is 1. The van der Waals surface area contributed by atoms with Gasteiger partial charge in [-0.05, 0) is 30.3 Å². The van der Waals surface area contributed by atoms with Crippen molar-refractivity contribution in [3.05, 3.63) is 53.3 Å². The topological polar surface area (TPSA) is 88.1 Å². The van der Waals surface area contributed by atoms with Crippen molar-refractivity contribution < 1.29 is 13.9 Å². The minimum absolute atomic E-state index is 0.142. The van der Waals surface area contributed by atoms with Crippen LogP contribution < -0.4 is 15.8 Å². The van der Waals surface area contributed by atoms with Crippen molar-refractivity contribution in [3.63, 3.8) is 0 Å². The summed E-state index contributed by atoms with van der Waals surface area (Å²) in [5.74, 6) is -0.752. The molecule has 21 heavy (non-hydrogen) atoms. The third-order valence-corrected chi connectivity index (χ3v) is 2.81. The molecule has 0 unspecified atom stereocenters. The number of hydrogen-bond acceptors (Lipinski definition) is 4. The van der Waals surface area contributed by atoms with Gasteiger partial charge in [-0.2, -0.15) is 5.26 Å². The lowest BCUT2D eigenvalue weighted by Crippen LogP contribution is -2.13. The van der Waals surface area contributed by atoms with Crippen LogP contribution >= 0.6 is 0 Å². The predicted octanol–water partition coefficient (Wildman–Crippen LogP) is 2.54. The minimum atomic E-state index is -0.638.